The van der Waals surface area contributed by atoms with Crippen molar-refractivity contribution in [3.8, 4) is 0 Å². The molecule has 2 unspecified atom stereocenters. The monoisotopic (exact) mass is 379 g/mol. The molecule has 144 valence electrons. The van der Waals surface area contributed by atoms with Crippen molar-refractivity contribution < 1.29 is 9.53 Å². The quantitative estimate of drug-likeness (QED) is 0.798. The van der Waals surface area contributed by atoms with Gasteiger partial charge in [0, 0.05) is 37.1 Å². The van der Waals surface area contributed by atoms with Crippen molar-refractivity contribution in [2.45, 2.75) is 50.8 Å². The van der Waals surface area contributed by atoms with Crippen molar-refractivity contribution in [3.63, 3.8) is 0 Å². The second kappa shape index (κ2) is 8.70. The van der Waals surface area contributed by atoms with Gasteiger partial charge in [-0.1, -0.05) is 23.7 Å². The van der Waals surface area contributed by atoms with Crippen LogP contribution < -0.4 is 10.6 Å². The molecule has 2 heterocycles. The third-order valence-electron chi connectivity index (χ3n) is 5.24. The molecule has 3 rings (SSSR count). The maximum Gasteiger partial charge on any atom is 0.221 e. The lowest BCUT2D eigenvalue weighted by Gasteiger charge is -2.42. The van der Waals surface area contributed by atoms with Gasteiger partial charge >= 0.3 is 0 Å². The van der Waals surface area contributed by atoms with Crippen LogP contribution in [0.15, 0.2) is 24.3 Å². The van der Waals surface area contributed by atoms with E-state index in [-0.39, 0.29) is 17.6 Å². The molecule has 2 aliphatic rings. The smallest absolute Gasteiger partial charge is 0.221 e. The third kappa shape index (κ3) is 5.43. The fourth-order valence-electron chi connectivity index (χ4n) is 3.90. The summed E-state index contributed by atoms with van der Waals surface area (Å²) < 4.78 is 5.86. The number of carbonyl (C=O) groups is 1. The number of nitrogens with one attached hydrogen (secondary N) is 2. The van der Waals surface area contributed by atoms with Gasteiger partial charge in [0.2, 0.25) is 5.91 Å². The minimum absolute atomic E-state index is 0.121. The fraction of sp³-hybridized carbons (Fsp3) is 0.650. The number of morpholine rings is 1. The topological polar surface area (TPSA) is 53.6 Å². The molecule has 26 heavy (non-hydrogen) atoms. The number of hydrogen-bond acceptors (Lipinski definition) is 4. The summed E-state index contributed by atoms with van der Waals surface area (Å²) in [6.45, 7) is 8.25. The number of ether oxygens (including phenoxy) is 1. The normalized spacial score (nSPS) is 24.3. The van der Waals surface area contributed by atoms with Gasteiger partial charge in [-0.05, 0) is 50.9 Å². The second-order valence-corrected chi connectivity index (χ2v) is 8.38. The Balaban J connectivity index is 1.66. The third-order valence-corrected chi connectivity index (χ3v) is 5.49. The largest absolute Gasteiger partial charge is 0.373 e. The van der Waals surface area contributed by atoms with Gasteiger partial charge in [-0.2, -0.15) is 0 Å². The Bertz CT molecular complexity index is 600. The van der Waals surface area contributed by atoms with Crippen LogP contribution in [0.4, 0.5) is 0 Å². The van der Waals surface area contributed by atoms with E-state index in [0.717, 1.165) is 37.5 Å². The number of benzene rings is 1. The maximum atomic E-state index is 12.4. The Morgan fingerprint density at radius 3 is 2.85 bits per heavy atom. The van der Waals surface area contributed by atoms with E-state index in [9.17, 15) is 4.79 Å². The van der Waals surface area contributed by atoms with Crippen molar-refractivity contribution in [3.05, 3.63) is 34.9 Å². The van der Waals surface area contributed by atoms with Crippen LogP contribution in [0, 0.1) is 0 Å². The van der Waals surface area contributed by atoms with Crippen LogP contribution >= 0.6 is 11.6 Å². The van der Waals surface area contributed by atoms with Crippen LogP contribution in [0.25, 0.3) is 0 Å². The van der Waals surface area contributed by atoms with Gasteiger partial charge in [0.25, 0.3) is 0 Å². The van der Waals surface area contributed by atoms with E-state index in [0.29, 0.717) is 25.6 Å². The first-order valence-electron chi connectivity index (χ1n) is 9.56. The van der Waals surface area contributed by atoms with Gasteiger partial charge < -0.3 is 15.4 Å². The first-order valence-corrected chi connectivity index (χ1v) is 9.94. The number of carbonyl (C=O) groups excluding carboxylic acids is 1. The summed E-state index contributed by atoms with van der Waals surface area (Å²) in [4.78, 5) is 14.8. The lowest BCUT2D eigenvalue weighted by atomic mass is 10.0. The number of nitrogens with zero attached hydrogens (tertiary/aromatic N) is 1. The summed E-state index contributed by atoms with van der Waals surface area (Å²) in [7, 11) is 0. The van der Waals surface area contributed by atoms with Crippen LogP contribution in [-0.4, -0.2) is 55.2 Å². The lowest BCUT2D eigenvalue weighted by molar-refractivity contribution is -0.122. The van der Waals surface area contributed by atoms with E-state index < -0.39 is 0 Å². The molecule has 1 amide bonds. The van der Waals surface area contributed by atoms with Gasteiger partial charge in [0.15, 0.2) is 0 Å². The Morgan fingerprint density at radius 2 is 2.19 bits per heavy atom. The highest BCUT2D eigenvalue weighted by Crippen LogP contribution is 2.27. The van der Waals surface area contributed by atoms with Gasteiger partial charge in [0.1, 0.15) is 0 Å². The van der Waals surface area contributed by atoms with Crippen molar-refractivity contribution >= 4 is 17.5 Å². The Kier molecular flexibility index (Phi) is 6.56. The van der Waals surface area contributed by atoms with E-state index in [2.05, 4.69) is 41.5 Å². The molecular formula is C20H30ClN3O2. The molecule has 2 N–H and O–H groups in total. The van der Waals surface area contributed by atoms with Crippen LogP contribution in [0.2, 0.25) is 5.02 Å². The van der Waals surface area contributed by atoms with Gasteiger partial charge in [-0.3, -0.25) is 9.69 Å². The summed E-state index contributed by atoms with van der Waals surface area (Å²) in [5.74, 6) is 0.121. The van der Waals surface area contributed by atoms with Crippen molar-refractivity contribution in [1.82, 2.24) is 15.5 Å². The van der Waals surface area contributed by atoms with Crippen molar-refractivity contribution in [2.75, 3.05) is 32.8 Å². The molecule has 0 spiro atoms. The Morgan fingerprint density at radius 1 is 1.42 bits per heavy atom. The number of halogens is 1. The van der Waals surface area contributed by atoms with Gasteiger partial charge in [0.05, 0.1) is 18.2 Å². The Labute approximate surface area is 161 Å². The predicted molar refractivity (Wildman–Crippen MR) is 104 cm³/mol. The molecule has 1 aromatic rings. The van der Waals surface area contributed by atoms with E-state index in [1.807, 2.05) is 12.1 Å². The van der Waals surface area contributed by atoms with Crippen molar-refractivity contribution in [2.24, 2.45) is 0 Å². The molecule has 2 atom stereocenters. The molecule has 0 saturated carbocycles. The second-order valence-electron chi connectivity index (χ2n) is 7.95. The SMILES string of the molecule is CC1(C)CN(C(CNC(=O)CC2CCCN2)c2ccc(Cl)cc2)CCO1. The molecule has 0 radical (unpaired) electrons. The highest BCUT2D eigenvalue weighted by atomic mass is 35.5. The van der Waals surface area contributed by atoms with E-state index in [1.165, 1.54) is 5.56 Å². The average Bonchev–Trinajstić information content (AvgIpc) is 3.08. The molecule has 1 aromatic carbocycles. The molecule has 2 aliphatic heterocycles. The molecule has 2 saturated heterocycles. The number of rotatable bonds is 6. The van der Waals surface area contributed by atoms with Crippen LogP contribution in [0.5, 0.6) is 0 Å². The number of amides is 1. The summed E-state index contributed by atoms with van der Waals surface area (Å²) in [6.07, 6.45) is 2.81. The minimum Gasteiger partial charge on any atom is -0.373 e. The summed E-state index contributed by atoms with van der Waals surface area (Å²) in [6, 6.07) is 8.39. The number of hydrogen-bond donors (Lipinski definition) is 2. The van der Waals surface area contributed by atoms with Crippen LogP contribution in [-0.2, 0) is 9.53 Å². The molecule has 2 fully saturated rings. The average molecular weight is 380 g/mol. The summed E-state index contributed by atoms with van der Waals surface area (Å²) in [5, 5.41) is 7.27. The van der Waals surface area contributed by atoms with E-state index >= 15 is 0 Å². The standard InChI is InChI=1S/C20H30ClN3O2/c1-20(2)14-24(10-11-26-20)18(15-5-7-16(21)8-6-15)13-23-19(25)12-17-4-3-9-22-17/h5-8,17-18,22H,3-4,9-14H2,1-2H3,(H,23,25). The van der Waals surface area contributed by atoms with E-state index in [1.54, 1.807) is 0 Å². The molecule has 6 heteroatoms. The Hall–Kier alpha value is -1.14. The predicted octanol–water partition coefficient (Wildman–Crippen LogP) is 2.75. The molecule has 0 bridgehead atoms. The fourth-order valence-corrected chi connectivity index (χ4v) is 4.03. The highest BCUT2D eigenvalue weighted by Gasteiger charge is 2.32. The lowest BCUT2D eigenvalue weighted by Crippen LogP contribution is -2.51. The first kappa shape index (κ1) is 19.6. The first-order chi connectivity index (χ1) is 12.4. The van der Waals surface area contributed by atoms with Crippen LogP contribution in [0.3, 0.4) is 0 Å². The van der Waals surface area contributed by atoms with E-state index in [4.69, 9.17) is 16.3 Å². The highest BCUT2D eigenvalue weighted by molar-refractivity contribution is 6.30. The van der Waals surface area contributed by atoms with Gasteiger partial charge in [-0.15, -0.1) is 0 Å². The molecule has 5 nitrogen and oxygen atoms in total. The summed E-state index contributed by atoms with van der Waals surface area (Å²) >= 11 is 6.06. The zero-order valence-corrected chi connectivity index (χ0v) is 16.5. The molecule has 0 aliphatic carbocycles. The maximum absolute atomic E-state index is 12.4. The summed E-state index contributed by atoms with van der Waals surface area (Å²) in [5.41, 5.74) is 0.993. The van der Waals surface area contributed by atoms with Crippen molar-refractivity contribution in [1.29, 1.82) is 0 Å². The minimum atomic E-state index is -0.180. The zero-order valence-electron chi connectivity index (χ0n) is 15.8. The molecular weight excluding hydrogens is 350 g/mol. The van der Waals surface area contributed by atoms with Gasteiger partial charge in [-0.25, -0.2) is 0 Å². The zero-order chi connectivity index (χ0) is 18.6. The molecule has 0 aromatic heterocycles. The van der Waals surface area contributed by atoms with Crippen LogP contribution in [0.1, 0.15) is 44.7 Å².